The van der Waals surface area contributed by atoms with Crippen molar-refractivity contribution in [1.29, 1.82) is 0 Å². The van der Waals surface area contributed by atoms with Crippen molar-refractivity contribution < 1.29 is 4.74 Å². The molecule has 3 aromatic rings. The molecule has 1 fully saturated rings. The fourth-order valence-electron chi connectivity index (χ4n) is 3.77. The Bertz CT molecular complexity index is 1050. The molecule has 1 aliphatic heterocycles. The fraction of sp³-hybridized carbons (Fsp3) is 0.364. The average molecular weight is 446 g/mol. The molecule has 0 bridgehead atoms. The first-order chi connectivity index (χ1) is 14.4. The van der Waals surface area contributed by atoms with Gasteiger partial charge in [0.05, 0.1) is 17.3 Å². The van der Waals surface area contributed by atoms with E-state index in [9.17, 15) is 0 Å². The van der Waals surface area contributed by atoms with Crippen LogP contribution in [0, 0.1) is 6.92 Å². The second-order valence-corrected chi connectivity index (χ2v) is 8.43. The summed E-state index contributed by atoms with van der Waals surface area (Å²) in [5.41, 5.74) is 9.64. The summed E-state index contributed by atoms with van der Waals surface area (Å²) < 4.78 is 8.18. The third-order valence-corrected chi connectivity index (χ3v) is 6.36. The van der Waals surface area contributed by atoms with Crippen LogP contribution >= 0.6 is 23.2 Å². The van der Waals surface area contributed by atoms with E-state index in [0.29, 0.717) is 27.7 Å². The zero-order chi connectivity index (χ0) is 21.3. The molecule has 0 saturated carbocycles. The van der Waals surface area contributed by atoms with Gasteiger partial charge in [0.25, 0.3) is 0 Å². The summed E-state index contributed by atoms with van der Waals surface area (Å²) in [7, 11) is 0. The van der Waals surface area contributed by atoms with Crippen molar-refractivity contribution in [3.8, 4) is 16.9 Å². The molecular formula is C22H25Cl2N5O. The predicted octanol–water partition coefficient (Wildman–Crippen LogP) is 5.21. The number of rotatable bonds is 5. The summed E-state index contributed by atoms with van der Waals surface area (Å²) in [5, 5.41) is 9.10. The number of pyridine rings is 1. The zero-order valence-electron chi connectivity index (χ0n) is 17.0. The van der Waals surface area contributed by atoms with E-state index in [1.807, 2.05) is 42.9 Å². The van der Waals surface area contributed by atoms with Crippen molar-refractivity contribution in [2.75, 3.05) is 18.8 Å². The molecule has 1 atom stereocenters. The zero-order valence-corrected chi connectivity index (χ0v) is 18.5. The van der Waals surface area contributed by atoms with Crippen LogP contribution < -0.4 is 15.8 Å². The van der Waals surface area contributed by atoms with E-state index >= 15 is 0 Å². The Morgan fingerprint density at radius 3 is 2.73 bits per heavy atom. The summed E-state index contributed by atoms with van der Waals surface area (Å²) in [6, 6.07) is 6.02. The second kappa shape index (κ2) is 8.84. The number of nitrogens with zero attached hydrogens (tertiary/aromatic N) is 3. The lowest BCUT2D eigenvalue weighted by molar-refractivity contribution is 0.228. The maximum atomic E-state index is 6.48. The highest BCUT2D eigenvalue weighted by atomic mass is 35.5. The van der Waals surface area contributed by atoms with Crippen LogP contribution in [0.3, 0.4) is 0 Å². The van der Waals surface area contributed by atoms with Crippen molar-refractivity contribution in [3.63, 3.8) is 0 Å². The van der Waals surface area contributed by atoms with Gasteiger partial charge in [-0.1, -0.05) is 29.3 Å². The molecule has 4 rings (SSSR count). The molecule has 0 unspecified atom stereocenters. The highest BCUT2D eigenvalue weighted by Gasteiger charge is 2.20. The van der Waals surface area contributed by atoms with Crippen LogP contribution in [-0.2, 0) is 0 Å². The average Bonchev–Trinajstić information content (AvgIpc) is 3.24. The van der Waals surface area contributed by atoms with Crippen LogP contribution in [0.25, 0.3) is 11.1 Å². The fourth-order valence-corrected chi connectivity index (χ4v) is 4.44. The van der Waals surface area contributed by atoms with Gasteiger partial charge in [0.2, 0.25) is 0 Å². The SMILES string of the molecule is Cc1ccc(Cl)c([C@H](C)Oc2cc(-c3cnn(C4CCNCC4)c3)cnc2N)c1Cl. The molecule has 8 heteroatoms. The number of halogens is 2. The number of nitrogen functional groups attached to an aromatic ring is 1. The molecule has 0 spiro atoms. The molecule has 1 saturated heterocycles. The number of nitrogens with two attached hydrogens (primary N) is 1. The van der Waals surface area contributed by atoms with Crippen molar-refractivity contribution in [1.82, 2.24) is 20.1 Å². The molecule has 3 heterocycles. The first-order valence-electron chi connectivity index (χ1n) is 10.1. The minimum absolute atomic E-state index is 0.316. The van der Waals surface area contributed by atoms with E-state index in [2.05, 4.69) is 21.6 Å². The number of aryl methyl sites for hydroxylation is 1. The number of nitrogens with one attached hydrogen (secondary N) is 1. The third kappa shape index (κ3) is 4.26. The van der Waals surface area contributed by atoms with Crippen molar-refractivity contribution in [2.45, 2.75) is 38.8 Å². The lowest BCUT2D eigenvalue weighted by Crippen LogP contribution is -2.29. The van der Waals surface area contributed by atoms with E-state index in [1.54, 1.807) is 6.20 Å². The van der Waals surface area contributed by atoms with Gasteiger partial charge in [0.1, 0.15) is 6.10 Å². The number of anilines is 1. The number of aromatic nitrogens is 3. The van der Waals surface area contributed by atoms with Gasteiger partial charge in [-0.15, -0.1) is 0 Å². The van der Waals surface area contributed by atoms with Crippen molar-refractivity contribution in [2.24, 2.45) is 0 Å². The smallest absolute Gasteiger partial charge is 0.166 e. The van der Waals surface area contributed by atoms with Gasteiger partial charge in [0.15, 0.2) is 11.6 Å². The van der Waals surface area contributed by atoms with Gasteiger partial charge in [-0.3, -0.25) is 4.68 Å². The highest BCUT2D eigenvalue weighted by molar-refractivity contribution is 6.36. The van der Waals surface area contributed by atoms with E-state index in [1.165, 1.54) is 0 Å². The van der Waals surface area contributed by atoms with E-state index in [-0.39, 0.29) is 6.10 Å². The predicted molar refractivity (Wildman–Crippen MR) is 121 cm³/mol. The number of hydrogen-bond acceptors (Lipinski definition) is 5. The number of hydrogen-bond donors (Lipinski definition) is 2. The first kappa shape index (κ1) is 21.0. The number of benzene rings is 1. The van der Waals surface area contributed by atoms with Crippen LogP contribution in [-0.4, -0.2) is 27.9 Å². The number of piperidine rings is 1. The lowest BCUT2D eigenvalue weighted by Gasteiger charge is -2.22. The van der Waals surface area contributed by atoms with Gasteiger partial charge in [-0.05, 0) is 57.5 Å². The molecule has 3 N–H and O–H groups in total. The Balaban J connectivity index is 1.58. The van der Waals surface area contributed by atoms with Gasteiger partial charge in [-0.25, -0.2) is 4.98 Å². The topological polar surface area (TPSA) is 78.0 Å². The Morgan fingerprint density at radius 1 is 1.20 bits per heavy atom. The maximum absolute atomic E-state index is 6.48. The second-order valence-electron chi connectivity index (χ2n) is 7.65. The Labute approximate surface area is 186 Å². The van der Waals surface area contributed by atoms with Gasteiger partial charge >= 0.3 is 0 Å². The lowest BCUT2D eigenvalue weighted by atomic mass is 10.1. The molecule has 0 aliphatic carbocycles. The van der Waals surface area contributed by atoms with E-state index in [4.69, 9.17) is 33.7 Å². The van der Waals surface area contributed by atoms with Crippen LogP contribution in [0.15, 0.2) is 36.8 Å². The number of ether oxygens (including phenoxy) is 1. The summed E-state index contributed by atoms with van der Waals surface area (Å²) in [5.74, 6) is 0.805. The van der Waals surface area contributed by atoms with Gasteiger partial charge in [0, 0.05) is 34.1 Å². The molecule has 158 valence electrons. The minimum atomic E-state index is -0.387. The molecule has 1 aliphatic rings. The summed E-state index contributed by atoms with van der Waals surface area (Å²) in [4.78, 5) is 4.33. The van der Waals surface area contributed by atoms with Crippen LogP contribution in [0.5, 0.6) is 5.75 Å². The maximum Gasteiger partial charge on any atom is 0.166 e. The molecular weight excluding hydrogens is 421 g/mol. The van der Waals surface area contributed by atoms with Crippen molar-refractivity contribution in [3.05, 3.63) is 58.0 Å². The normalized spacial score (nSPS) is 15.9. The van der Waals surface area contributed by atoms with E-state index in [0.717, 1.165) is 48.2 Å². The molecule has 1 aromatic carbocycles. The van der Waals surface area contributed by atoms with Crippen molar-refractivity contribution >= 4 is 29.0 Å². The van der Waals surface area contributed by atoms with E-state index < -0.39 is 0 Å². The first-order valence-corrected chi connectivity index (χ1v) is 10.8. The Kier molecular flexibility index (Phi) is 6.18. The summed E-state index contributed by atoms with van der Waals surface area (Å²) in [6.07, 6.45) is 7.42. The minimum Gasteiger partial charge on any atom is -0.482 e. The molecule has 2 aromatic heterocycles. The van der Waals surface area contributed by atoms with Crippen LogP contribution in [0.2, 0.25) is 10.0 Å². The monoisotopic (exact) mass is 445 g/mol. The Morgan fingerprint density at radius 2 is 1.97 bits per heavy atom. The van der Waals surface area contributed by atoms with Crippen LogP contribution in [0.1, 0.15) is 43.0 Å². The molecule has 0 amide bonds. The summed E-state index contributed by atoms with van der Waals surface area (Å²) >= 11 is 12.9. The quantitative estimate of drug-likeness (QED) is 0.563. The summed E-state index contributed by atoms with van der Waals surface area (Å²) in [6.45, 7) is 5.87. The third-order valence-electron chi connectivity index (χ3n) is 5.53. The highest BCUT2D eigenvalue weighted by Crippen LogP contribution is 2.37. The molecule has 30 heavy (non-hydrogen) atoms. The largest absolute Gasteiger partial charge is 0.482 e. The molecule has 0 radical (unpaired) electrons. The molecule has 6 nitrogen and oxygen atoms in total. The Hall–Kier alpha value is -2.28. The van der Waals surface area contributed by atoms with Gasteiger partial charge < -0.3 is 15.8 Å². The standard InChI is InChI=1S/C22H25Cl2N5O/c1-13-3-4-18(23)20(21(13)24)14(2)30-19-9-15(10-27-22(19)25)16-11-28-29(12-16)17-5-7-26-8-6-17/h3-4,9-12,14,17,26H,5-8H2,1-2H3,(H2,25,27)/t14-/m0/s1. The van der Waals surface area contributed by atoms with Gasteiger partial charge in [-0.2, -0.15) is 5.10 Å². The van der Waals surface area contributed by atoms with Crippen LogP contribution in [0.4, 0.5) is 5.82 Å².